The molecule has 1 heterocycles. The number of hydrogen-bond acceptors (Lipinski definition) is 0. The molecule has 0 unspecified atom stereocenters. The van der Waals surface area contributed by atoms with Gasteiger partial charge in [0, 0.05) is 20.8 Å². The van der Waals surface area contributed by atoms with E-state index >= 15 is 0 Å². The van der Waals surface area contributed by atoms with Gasteiger partial charge in [0.15, 0.2) is 0 Å². The molecule has 0 amide bonds. The van der Waals surface area contributed by atoms with E-state index in [0.717, 1.165) is 4.47 Å². The van der Waals surface area contributed by atoms with Crippen molar-refractivity contribution in [2.75, 3.05) is 0 Å². The molecule has 142 valence electrons. The van der Waals surface area contributed by atoms with Crippen molar-refractivity contribution in [2.24, 2.45) is 0 Å². The molecule has 0 fully saturated rings. The van der Waals surface area contributed by atoms with Crippen LogP contribution in [-0.2, 0) is 0 Å². The number of para-hydroxylation sites is 2. The molecule has 30 heavy (non-hydrogen) atoms. The Morgan fingerprint density at radius 3 is 1.97 bits per heavy atom. The smallest absolute Gasteiger partial charge is 0.0547 e. The molecule has 0 N–H and O–H groups in total. The number of benzene rings is 5. The zero-order valence-electron chi connectivity index (χ0n) is 16.2. The molecule has 0 aliphatic heterocycles. The van der Waals surface area contributed by atoms with E-state index in [4.69, 9.17) is 0 Å². The third-order valence-corrected chi connectivity index (χ3v) is 6.54. The fraction of sp³-hybridized carbons (Fsp3) is 0. The van der Waals surface area contributed by atoms with E-state index < -0.39 is 0 Å². The maximum Gasteiger partial charge on any atom is 0.0547 e. The van der Waals surface area contributed by atoms with Crippen molar-refractivity contribution in [1.82, 2.24) is 4.57 Å². The summed E-state index contributed by atoms with van der Waals surface area (Å²) >= 11 is 3.75. The minimum atomic E-state index is 1.10. The Labute approximate surface area is 183 Å². The van der Waals surface area contributed by atoms with Gasteiger partial charge in [-0.15, -0.1) is 0 Å². The van der Waals surface area contributed by atoms with Crippen molar-refractivity contribution < 1.29 is 0 Å². The average molecular weight is 448 g/mol. The molecule has 0 spiro atoms. The van der Waals surface area contributed by atoms with Crippen molar-refractivity contribution in [3.8, 4) is 16.8 Å². The molecule has 6 aromatic rings. The Balaban J connectivity index is 1.78. The predicted molar refractivity (Wildman–Crippen MR) is 131 cm³/mol. The molecule has 0 aliphatic carbocycles. The van der Waals surface area contributed by atoms with Gasteiger partial charge in [-0.2, -0.15) is 0 Å². The van der Waals surface area contributed by atoms with Crippen molar-refractivity contribution in [3.63, 3.8) is 0 Å². The van der Waals surface area contributed by atoms with Gasteiger partial charge in [0.05, 0.1) is 16.7 Å². The molecule has 0 radical (unpaired) electrons. The second kappa shape index (κ2) is 6.86. The van der Waals surface area contributed by atoms with Gasteiger partial charge in [0.1, 0.15) is 0 Å². The van der Waals surface area contributed by atoms with Gasteiger partial charge in [-0.3, -0.25) is 0 Å². The quantitative estimate of drug-likeness (QED) is 0.251. The van der Waals surface area contributed by atoms with Crippen LogP contribution < -0.4 is 0 Å². The average Bonchev–Trinajstić information content (AvgIpc) is 3.11. The molecule has 0 bridgehead atoms. The van der Waals surface area contributed by atoms with Crippen LogP contribution in [0.4, 0.5) is 0 Å². The number of aromatic nitrogens is 1. The molecule has 0 atom stereocenters. The zero-order chi connectivity index (χ0) is 20.1. The van der Waals surface area contributed by atoms with Gasteiger partial charge in [-0.1, -0.05) is 94.8 Å². The molecular weight excluding hydrogens is 430 g/mol. The molecular formula is C28H18BrN. The fourth-order valence-electron chi connectivity index (χ4n) is 4.49. The van der Waals surface area contributed by atoms with Crippen molar-refractivity contribution >= 4 is 48.5 Å². The van der Waals surface area contributed by atoms with Crippen LogP contribution in [0.5, 0.6) is 0 Å². The SMILES string of the molecule is Brc1ccccc1-c1ccccc1-n1c2ccccc2c2cc3ccccc3cc21. The monoisotopic (exact) mass is 447 g/mol. The van der Waals surface area contributed by atoms with E-state index in [1.54, 1.807) is 0 Å². The highest BCUT2D eigenvalue weighted by Crippen LogP contribution is 2.39. The Hall–Kier alpha value is -3.36. The summed E-state index contributed by atoms with van der Waals surface area (Å²) in [5, 5.41) is 5.09. The lowest BCUT2D eigenvalue weighted by Gasteiger charge is -2.15. The summed E-state index contributed by atoms with van der Waals surface area (Å²) in [4.78, 5) is 0. The summed E-state index contributed by atoms with van der Waals surface area (Å²) in [6.45, 7) is 0. The predicted octanol–water partition coefficient (Wildman–Crippen LogP) is 8.37. The van der Waals surface area contributed by atoms with Crippen molar-refractivity contribution in [1.29, 1.82) is 0 Å². The van der Waals surface area contributed by atoms with E-state index in [-0.39, 0.29) is 0 Å². The summed E-state index contributed by atoms with van der Waals surface area (Å²) < 4.78 is 3.51. The molecule has 1 aromatic heterocycles. The summed E-state index contributed by atoms with van der Waals surface area (Å²) in [7, 11) is 0. The lowest BCUT2D eigenvalue weighted by molar-refractivity contribution is 1.18. The highest BCUT2D eigenvalue weighted by atomic mass is 79.9. The molecule has 2 heteroatoms. The van der Waals surface area contributed by atoms with Crippen molar-refractivity contribution in [2.45, 2.75) is 0 Å². The largest absolute Gasteiger partial charge is 0.309 e. The molecule has 1 nitrogen and oxygen atoms in total. The minimum absolute atomic E-state index is 1.10. The first-order valence-electron chi connectivity index (χ1n) is 10.1. The Morgan fingerprint density at radius 2 is 1.13 bits per heavy atom. The molecule has 0 saturated carbocycles. The second-order valence-electron chi connectivity index (χ2n) is 7.57. The Kier molecular flexibility index (Phi) is 4.00. The number of hydrogen-bond donors (Lipinski definition) is 0. The first-order valence-corrected chi connectivity index (χ1v) is 10.9. The normalized spacial score (nSPS) is 11.5. The number of fused-ring (bicyclic) bond motifs is 4. The summed E-state index contributed by atoms with van der Waals surface area (Å²) in [5.74, 6) is 0. The number of halogens is 1. The van der Waals surface area contributed by atoms with Crippen LogP contribution in [0.15, 0.2) is 114 Å². The van der Waals surface area contributed by atoms with Gasteiger partial charge < -0.3 is 4.57 Å². The van der Waals surface area contributed by atoms with Gasteiger partial charge in [0.2, 0.25) is 0 Å². The van der Waals surface area contributed by atoms with Gasteiger partial charge >= 0.3 is 0 Å². The van der Waals surface area contributed by atoms with Crippen LogP contribution in [-0.4, -0.2) is 4.57 Å². The van der Waals surface area contributed by atoms with E-state index in [1.165, 1.54) is 49.4 Å². The zero-order valence-corrected chi connectivity index (χ0v) is 17.8. The number of rotatable bonds is 2. The van der Waals surface area contributed by atoms with E-state index in [9.17, 15) is 0 Å². The van der Waals surface area contributed by atoms with E-state index in [2.05, 4.69) is 130 Å². The van der Waals surface area contributed by atoms with Gasteiger partial charge in [0.25, 0.3) is 0 Å². The summed E-state index contributed by atoms with van der Waals surface area (Å²) in [6.07, 6.45) is 0. The minimum Gasteiger partial charge on any atom is -0.309 e. The lowest BCUT2D eigenvalue weighted by atomic mass is 10.0. The highest BCUT2D eigenvalue weighted by Gasteiger charge is 2.16. The van der Waals surface area contributed by atoms with Crippen molar-refractivity contribution in [3.05, 3.63) is 114 Å². The Bertz CT molecular complexity index is 1560. The summed E-state index contributed by atoms with van der Waals surface area (Å²) in [6, 6.07) is 39.0. The lowest BCUT2D eigenvalue weighted by Crippen LogP contribution is -1.97. The number of nitrogens with zero attached hydrogens (tertiary/aromatic N) is 1. The first kappa shape index (κ1) is 17.5. The molecule has 0 saturated heterocycles. The second-order valence-corrected chi connectivity index (χ2v) is 8.42. The van der Waals surface area contributed by atoms with Gasteiger partial charge in [-0.25, -0.2) is 0 Å². The summed E-state index contributed by atoms with van der Waals surface area (Å²) in [5.41, 5.74) is 6.04. The van der Waals surface area contributed by atoms with Crippen LogP contribution in [0.2, 0.25) is 0 Å². The molecule has 5 aromatic carbocycles. The van der Waals surface area contributed by atoms with Crippen LogP contribution in [0.1, 0.15) is 0 Å². The third-order valence-electron chi connectivity index (χ3n) is 5.85. The maximum absolute atomic E-state index is 3.75. The van der Waals surface area contributed by atoms with Crippen LogP contribution in [0.25, 0.3) is 49.4 Å². The fourth-order valence-corrected chi connectivity index (χ4v) is 4.99. The highest BCUT2D eigenvalue weighted by molar-refractivity contribution is 9.10. The van der Waals surface area contributed by atoms with Crippen LogP contribution in [0.3, 0.4) is 0 Å². The molecule has 0 aliphatic rings. The van der Waals surface area contributed by atoms with Crippen LogP contribution in [0, 0.1) is 0 Å². The third kappa shape index (κ3) is 2.61. The standard InChI is InChI=1S/C28H18BrN/c29-25-14-6-3-11-21(25)22-12-4-7-15-26(22)30-27-16-8-5-13-23(27)24-17-19-9-1-2-10-20(19)18-28(24)30/h1-18H. The molecule has 6 rings (SSSR count). The van der Waals surface area contributed by atoms with E-state index in [0.29, 0.717) is 0 Å². The topological polar surface area (TPSA) is 4.93 Å². The first-order chi connectivity index (χ1) is 14.8. The van der Waals surface area contributed by atoms with Crippen LogP contribution >= 0.6 is 15.9 Å². The Morgan fingerprint density at radius 1 is 0.500 bits per heavy atom. The maximum atomic E-state index is 3.75. The van der Waals surface area contributed by atoms with Gasteiger partial charge in [-0.05, 0) is 46.7 Å². The van der Waals surface area contributed by atoms with E-state index in [1.807, 2.05) is 0 Å².